The Morgan fingerprint density at radius 2 is 2.00 bits per heavy atom. The van der Waals surface area contributed by atoms with Crippen LogP contribution >= 0.6 is 11.6 Å². The van der Waals surface area contributed by atoms with Crippen LogP contribution in [0.3, 0.4) is 0 Å². The molecule has 138 valence electrons. The third-order valence-electron chi connectivity index (χ3n) is 4.40. The molecule has 1 aromatic carbocycles. The van der Waals surface area contributed by atoms with Crippen LogP contribution in [0, 0.1) is 0 Å². The fraction of sp³-hybridized carbons (Fsp3) is 0.389. The number of benzene rings is 1. The first-order chi connectivity index (χ1) is 12.6. The van der Waals surface area contributed by atoms with Crippen LogP contribution in [0.2, 0.25) is 5.02 Å². The first-order valence-electron chi connectivity index (χ1n) is 8.45. The topological polar surface area (TPSA) is 76.5 Å². The molecule has 26 heavy (non-hydrogen) atoms. The van der Waals surface area contributed by atoms with E-state index >= 15 is 0 Å². The summed E-state index contributed by atoms with van der Waals surface area (Å²) in [5, 5.41) is 7.56. The zero-order valence-electron chi connectivity index (χ0n) is 14.5. The van der Waals surface area contributed by atoms with Gasteiger partial charge in [0.05, 0.1) is 19.3 Å². The van der Waals surface area contributed by atoms with E-state index in [1.54, 1.807) is 0 Å². The molecule has 0 aliphatic carbocycles. The standard InChI is InChI=1S/C18H21ClN4O3/c1-22-17(24)7-6-15(21-22)18(25)20-12-16(23-8-10-26-11-9-23)13-4-2-3-5-14(13)19/h2-7,16H,8-12H2,1H3,(H,20,25)/t16-/m0/s1. The summed E-state index contributed by atoms with van der Waals surface area (Å²) in [6.07, 6.45) is 0. The van der Waals surface area contributed by atoms with Gasteiger partial charge in [-0.3, -0.25) is 14.5 Å². The van der Waals surface area contributed by atoms with E-state index in [1.807, 2.05) is 24.3 Å². The summed E-state index contributed by atoms with van der Waals surface area (Å²) >= 11 is 6.39. The van der Waals surface area contributed by atoms with E-state index in [4.69, 9.17) is 16.3 Å². The largest absolute Gasteiger partial charge is 0.379 e. The van der Waals surface area contributed by atoms with Crippen LogP contribution in [0.1, 0.15) is 22.1 Å². The van der Waals surface area contributed by atoms with Crippen molar-refractivity contribution in [2.75, 3.05) is 32.8 Å². The lowest BCUT2D eigenvalue weighted by Gasteiger charge is -2.35. The molecule has 1 saturated heterocycles. The number of carbonyl (C=O) groups excluding carboxylic acids is 1. The second-order valence-corrected chi connectivity index (χ2v) is 6.48. The number of nitrogens with zero attached hydrogens (tertiary/aromatic N) is 3. The van der Waals surface area contributed by atoms with Gasteiger partial charge in [0.1, 0.15) is 5.69 Å². The average molecular weight is 377 g/mol. The van der Waals surface area contributed by atoms with Crippen molar-refractivity contribution in [1.29, 1.82) is 0 Å². The third-order valence-corrected chi connectivity index (χ3v) is 4.74. The smallest absolute Gasteiger partial charge is 0.271 e. The van der Waals surface area contributed by atoms with Gasteiger partial charge in [-0.05, 0) is 17.7 Å². The van der Waals surface area contributed by atoms with E-state index in [1.165, 1.54) is 19.2 Å². The minimum atomic E-state index is -0.328. The van der Waals surface area contributed by atoms with Gasteiger partial charge in [0.15, 0.2) is 0 Å². The number of hydrogen-bond donors (Lipinski definition) is 1. The maximum absolute atomic E-state index is 12.4. The van der Waals surface area contributed by atoms with Crippen LogP contribution in [0.15, 0.2) is 41.2 Å². The Morgan fingerprint density at radius 3 is 2.69 bits per heavy atom. The van der Waals surface area contributed by atoms with Gasteiger partial charge in [-0.1, -0.05) is 29.8 Å². The summed E-state index contributed by atoms with van der Waals surface area (Å²) < 4.78 is 6.57. The molecular formula is C18H21ClN4O3. The van der Waals surface area contributed by atoms with Gasteiger partial charge in [-0.2, -0.15) is 5.10 Å². The van der Waals surface area contributed by atoms with Crippen molar-refractivity contribution in [3.8, 4) is 0 Å². The lowest BCUT2D eigenvalue weighted by Crippen LogP contribution is -2.44. The Bertz CT molecular complexity index is 833. The Kier molecular flexibility index (Phi) is 6.03. The van der Waals surface area contributed by atoms with Crippen molar-refractivity contribution in [2.45, 2.75) is 6.04 Å². The molecule has 8 heteroatoms. The summed E-state index contributed by atoms with van der Waals surface area (Å²) in [7, 11) is 1.51. The lowest BCUT2D eigenvalue weighted by molar-refractivity contribution is 0.0162. The van der Waals surface area contributed by atoms with Crippen LogP contribution in [-0.2, 0) is 11.8 Å². The van der Waals surface area contributed by atoms with E-state index in [0.29, 0.717) is 24.8 Å². The van der Waals surface area contributed by atoms with Gasteiger partial charge < -0.3 is 10.1 Å². The lowest BCUT2D eigenvalue weighted by atomic mass is 10.0. The highest BCUT2D eigenvalue weighted by molar-refractivity contribution is 6.31. The van der Waals surface area contributed by atoms with Crippen LogP contribution in [0.25, 0.3) is 0 Å². The number of hydrogen-bond acceptors (Lipinski definition) is 5. The van der Waals surface area contributed by atoms with Crippen LogP contribution in [-0.4, -0.2) is 53.4 Å². The minimum Gasteiger partial charge on any atom is -0.379 e. The number of aryl methyl sites for hydroxylation is 1. The maximum atomic E-state index is 12.4. The number of halogens is 1. The van der Waals surface area contributed by atoms with Gasteiger partial charge in [0, 0.05) is 37.8 Å². The molecule has 1 atom stereocenters. The first-order valence-corrected chi connectivity index (χ1v) is 8.83. The fourth-order valence-electron chi connectivity index (χ4n) is 2.97. The number of nitrogens with one attached hydrogen (secondary N) is 1. The monoisotopic (exact) mass is 376 g/mol. The molecule has 1 aromatic heterocycles. The van der Waals surface area contributed by atoms with Gasteiger partial charge in [0.25, 0.3) is 11.5 Å². The summed E-state index contributed by atoms with van der Waals surface area (Å²) in [4.78, 5) is 26.1. The number of rotatable bonds is 5. The molecule has 3 rings (SSSR count). The molecule has 0 spiro atoms. The van der Waals surface area contributed by atoms with Gasteiger partial charge in [-0.25, -0.2) is 4.68 Å². The number of aromatic nitrogens is 2. The Labute approximate surface area is 156 Å². The van der Waals surface area contributed by atoms with E-state index in [2.05, 4.69) is 15.3 Å². The molecule has 1 N–H and O–H groups in total. The zero-order valence-corrected chi connectivity index (χ0v) is 15.3. The van der Waals surface area contributed by atoms with Crippen molar-refractivity contribution >= 4 is 17.5 Å². The van der Waals surface area contributed by atoms with Gasteiger partial charge in [-0.15, -0.1) is 0 Å². The van der Waals surface area contributed by atoms with Crippen molar-refractivity contribution in [3.63, 3.8) is 0 Å². The van der Waals surface area contributed by atoms with Crippen LogP contribution in [0.5, 0.6) is 0 Å². The average Bonchev–Trinajstić information content (AvgIpc) is 2.66. The molecule has 2 aromatic rings. The molecular weight excluding hydrogens is 356 g/mol. The van der Waals surface area contributed by atoms with E-state index in [9.17, 15) is 9.59 Å². The highest BCUT2D eigenvalue weighted by atomic mass is 35.5. The number of carbonyl (C=O) groups is 1. The number of amides is 1. The summed E-state index contributed by atoms with van der Waals surface area (Å²) in [5.74, 6) is -0.328. The highest BCUT2D eigenvalue weighted by Crippen LogP contribution is 2.27. The van der Waals surface area contributed by atoms with E-state index in [0.717, 1.165) is 23.3 Å². The molecule has 0 bridgehead atoms. The molecule has 1 amide bonds. The number of ether oxygens (including phenoxy) is 1. The second kappa shape index (κ2) is 8.44. The zero-order chi connectivity index (χ0) is 18.5. The normalized spacial score (nSPS) is 16.2. The van der Waals surface area contributed by atoms with Gasteiger partial charge in [0.2, 0.25) is 0 Å². The molecule has 1 aliphatic rings. The fourth-order valence-corrected chi connectivity index (χ4v) is 3.24. The molecule has 0 radical (unpaired) electrons. The predicted octanol–water partition coefficient (Wildman–Crippen LogP) is 1.24. The van der Waals surface area contributed by atoms with Crippen molar-refractivity contribution in [1.82, 2.24) is 20.0 Å². The van der Waals surface area contributed by atoms with E-state index in [-0.39, 0.29) is 23.2 Å². The third kappa shape index (κ3) is 4.30. The Morgan fingerprint density at radius 1 is 1.27 bits per heavy atom. The molecule has 1 aliphatic heterocycles. The summed E-state index contributed by atoms with van der Waals surface area (Å²) in [6.45, 7) is 3.22. The van der Waals surface area contributed by atoms with E-state index < -0.39 is 0 Å². The van der Waals surface area contributed by atoms with Crippen LogP contribution in [0.4, 0.5) is 0 Å². The predicted molar refractivity (Wildman–Crippen MR) is 98.4 cm³/mol. The van der Waals surface area contributed by atoms with Gasteiger partial charge >= 0.3 is 0 Å². The Balaban J connectivity index is 1.77. The quantitative estimate of drug-likeness (QED) is 0.849. The van der Waals surface area contributed by atoms with Crippen LogP contribution < -0.4 is 10.9 Å². The van der Waals surface area contributed by atoms with Crippen molar-refractivity contribution in [3.05, 3.63) is 63.0 Å². The summed E-state index contributed by atoms with van der Waals surface area (Å²) in [6, 6.07) is 10.3. The second-order valence-electron chi connectivity index (χ2n) is 6.08. The highest BCUT2D eigenvalue weighted by Gasteiger charge is 2.25. The minimum absolute atomic E-state index is 0.0657. The summed E-state index contributed by atoms with van der Waals surface area (Å²) in [5.41, 5.74) is 0.903. The molecule has 0 unspecified atom stereocenters. The Hall–Kier alpha value is -2.22. The number of morpholine rings is 1. The molecule has 0 saturated carbocycles. The first kappa shape index (κ1) is 18.6. The SMILES string of the molecule is Cn1nc(C(=O)NC[C@@H](c2ccccc2Cl)N2CCOCC2)ccc1=O. The molecule has 1 fully saturated rings. The maximum Gasteiger partial charge on any atom is 0.271 e. The van der Waals surface area contributed by atoms with Crippen molar-refractivity contribution in [2.24, 2.45) is 7.05 Å². The molecule has 2 heterocycles. The molecule has 7 nitrogen and oxygen atoms in total. The van der Waals surface area contributed by atoms with Crippen molar-refractivity contribution < 1.29 is 9.53 Å².